The summed E-state index contributed by atoms with van der Waals surface area (Å²) in [7, 11) is 0. The van der Waals surface area contributed by atoms with E-state index in [0.717, 1.165) is 41.8 Å². The van der Waals surface area contributed by atoms with Crippen LogP contribution in [0.5, 0.6) is 11.5 Å². The lowest BCUT2D eigenvalue weighted by Gasteiger charge is -2.36. The van der Waals surface area contributed by atoms with Gasteiger partial charge in [0, 0.05) is 17.8 Å². The van der Waals surface area contributed by atoms with Crippen LogP contribution in [0.4, 0.5) is 5.69 Å². The molecule has 3 heterocycles. The normalized spacial score (nSPS) is 15.8. The number of H-pyrrole nitrogens is 1. The van der Waals surface area contributed by atoms with Crippen LogP contribution in [0.25, 0.3) is 16.9 Å². The largest absolute Gasteiger partial charge is 0.455 e. The maximum Gasteiger partial charge on any atom is 0.251 e. The molecule has 1 amide bonds. The Balaban J connectivity index is 1.53. The Kier molecular flexibility index (Phi) is 4.04. The van der Waals surface area contributed by atoms with Crippen LogP contribution < -0.4 is 15.6 Å². The highest BCUT2D eigenvalue weighted by Gasteiger charge is 2.52. The third kappa shape index (κ3) is 2.78. The third-order valence-corrected chi connectivity index (χ3v) is 6.41. The molecule has 7 heteroatoms. The highest BCUT2D eigenvalue weighted by Crippen LogP contribution is 2.55. The molecule has 2 N–H and O–H groups in total. The molecule has 158 valence electrons. The zero-order chi connectivity index (χ0) is 21.7. The van der Waals surface area contributed by atoms with Crippen molar-refractivity contribution in [3.63, 3.8) is 0 Å². The van der Waals surface area contributed by atoms with Crippen LogP contribution in [-0.2, 0) is 10.2 Å². The molecule has 0 radical (unpaired) electrons. The molecule has 2 aromatic carbocycles. The first-order valence-electron chi connectivity index (χ1n) is 10.6. The first-order valence-corrected chi connectivity index (χ1v) is 10.6. The maximum atomic E-state index is 12.9. The van der Waals surface area contributed by atoms with Gasteiger partial charge in [-0.1, -0.05) is 24.6 Å². The number of nitrogens with zero attached hydrogens (tertiary/aromatic N) is 2. The van der Waals surface area contributed by atoms with E-state index in [9.17, 15) is 9.59 Å². The van der Waals surface area contributed by atoms with E-state index in [1.807, 2.05) is 47.1 Å². The molecule has 1 saturated carbocycles. The number of ether oxygens (including phenoxy) is 1. The highest BCUT2D eigenvalue weighted by molar-refractivity contribution is 6.09. The molecule has 4 aromatic rings. The molecular formula is C25H20N4O3. The van der Waals surface area contributed by atoms with Crippen LogP contribution in [0.15, 0.2) is 77.9 Å². The van der Waals surface area contributed by atoms with Gasteiger partial charge in [0.15, 0.2) is 5.75 Å². The lowest BCUT2D eigenvalue weighted by molar-refractivity contribution is -0.123. The minimum Gasteiger partial charge on any atom is -0.455 e. The van der Waals surface area contributed by atoms with E-state index in [1.165, 1.54) is 12.3 Å². The molecule has 32 heavy (non-hydrogen) atoms. The van der Waals surface area contributed by atoms with Gasteiger partial charge in [-0.05, 0) is 54.8 Å². The number of amides is 1. The van der Waals surface area contributed by atoms with E-state index in [2.05, 4.69) is 21.5 Å². The topological polar surface area (TPSA) is 89.0 Å². The molecule has 1 fully saturated rings. The van der Waals surface area contributed by atoms with Crippen molar-refractivity contribution >= 4 is 11.6 Å². The van der Waals surface area contributed by atoms with E-state index in [-0.39, 0.29) is 11.5 Å². The number of para-hydroxylation sites is 1. The van der Waals surface area contributed by atoms with E-state index in [1.54, 1.807) is 12.3 Å². The van der Waals surface area contributed by atoms with Crippen molar-refractivity contribution in [3.8, 4) is 28.4 Å². The molecule has 0 saturated heterocycles. The lowest BCUT2D eigenvalue weighted by atomic mass is 9.65. The molecule has 1 aliphatic carbocycles. The molecule has 2 aliphatic rings. The van der Waals surface area contributed by atoms with Crippen molar-refractivity contribution in [2.75, 3.05) is 5.32 Å². The Morgan fingerprint density at radius 1 is 1.00 bits per heavy atom. The fourth-order valence-corrected chi connectivity index (χ4v) is 4.64. The van der Waals surface area contributed by atoms with Gasteiger partial charge in [-0.25, -0.2) is 4.68 Å². The molecule has 0 unspecified atom stereocenters. The van der Waals surface area contributed by atoms with E-state index in [4.69, 9.17) is 4.74 Å². The summed E-state index contributed by atoms with van der Waals surface area (Å²) in [6.45, 7) is 0. The van der Waals surface area contributed by atoms with Crippen molar-refractivity contribution in [2.24, 2.45) is 0 Å². The molecule has 0 bridgehead atoms. The van der Waals surface area contributed by atoms with Crippen molar-refractivity contribution in [1.82, 2.24) is 14.8 Å². The monoisotopic (exact) mass is 424 g/mol. The second-order valence-electron chi connectivity index (χ2n) is 8.24. The molecule has 1 aliphatic heterocycles. The molecule has 7 nitrogen and oxygen atoms in total. The van der Waals surface area contributed by atoms with Crippen molar-refractivity contribution < 1.29 is 9.53 Å². The summed E-state index contributed by atoms with van der Waals surface area (Å²) in [5.74, 6) is 0.942. The summed E-state index contributed by atoms with van der Waals surface area (Å²) in [6.07, 6.45) is 5.95. The number of carbonyl (C=O) groups is 1. The number of hydrogen-bond acceptors (Lipinski definition) is 4. The maximum absolute atomic E-state index is 12.9. The fraction of sp³-hybridized carbons (Fsp3) is 0.160. The smallest absolute Gasteiger partial charge is 0.251 e. The number of nitrogens with one attached hydrogen (secondary N) is 2. The SMILES string of the molecule is O=C1Nc2c(Oc3cc[nH]c(=O)c3)cc(-c3ccnn3-c3ccccc3)cc2C12CCC2. The second-order valence-corrected chi connectivity index (χ2v) is 8.24. The predicted octanol–water partition coefficient (Wildman–Crippen LogP) is 4.39. The van der Waals surface area contributed by atoms with Gasteiger partial charge in [-0.2, -0.15) is 5.10 Å². The summed E-state index contributed by atoms with van der Waals surface area (Å²) in [5.41, 5.74) is 3.61. The number of aromatic amines is 1. The number of fused-ring (bicyclic) bond motifs is 2. The van der Waals surface area contributed by atoms with E-state index < -0.39 is 5.41 Å². The zero-order valence-electron chi connectivity index (χ0n) is 17.2. The van der Waals surface area contributed by atoms with E-state index >= 15 is 0 Å². The molecular weight excluding hydrogens is 404 g/mol. The minimum absolute atomic E-state index is 0.0169. The van der Waals surface area contributed by atoms with Crippen LogP contribution in [0.1, 0.15) is 24.8 Å². The number of anilines is 1. The molecule has 2 aromatic heterocycles. The first-order chi connectivity index (χ1) is 15.6. The number of aromatic nitrogens is 3. The van der Waals surface area contributed by atoms with Gasteiger partial charge in [-0.3, -0.25) is 9.59 Å². The summed E-state index contributed by atoms with van der Waals surface area (Å²) in [6, 6.07) is 18.9. The molecule has 1 spiro atoms. The van der Waals surface area contributed by atoms with Crippen molar-refractivity contribution in [1.29, 1.82) is 0 Å². The number of rotatable bonds is 4. The standard InChI is InChI=1S/C25H20N4O3/c30-22-15-18(7-11-26-22)32-21-14-16(13-19-23(21)28-24(31)25(19)9-4-10-25)20-8-12-27-29(20)17-5-2-1-3-6-17/h1-3,5-8,11-15H,4,9-10H2,(H,26,30)(H,28,31). The molecule has 0 atom stereocenters. The van der Waals surface area contributed by atoms with Crippen LogP contribution in [-0.4, -0.2) is 20.7 Å². The average Bonchev–Trinajstić information content (AvgIpc) is 3.36. The van der Waals surface area contributed by atoms with Gasteiger partial charge in [-0.15, -0.1) is 0 Å². The third-order valence-electron chi connectivity index (χ3n) is 6.41. The van der Waals surface area contributed by atoms with Crippen molar-refractivity contribution in [3.05, 3.63) is 89.0 Å². The van der Waals surface area contributed by atoms with Crippen molar-refractivity contribution in [2.45, 2.75) is 24.7 Å². The summed E-state index contributed by atoms with van der Waals surface area (Å²) in [5, 5.41) is 7.56. The Hall–Kier alpha value is -4.13. The predicted molar refractivity (Wildman–Crippen MR) is 120 cm³/mol. The number of carbonyl (C=O) groups excluding carboxylic acids is 1. The zero-order valence-corrected chi connectivity index (χ0v) is 17.2. The van der Waals surface area contributed by atoms with Gasteiger partial charge in [0.25, 0.3) is 5.56 Å². The highest BCUT2D eigenvalue weighted by atomic mass is 16.5. The van der Waals surface area contributed by atoms with E-state index in [0.29, 0.717) is 17.2 Å². The Morgan fingerprint density at radius 2 is 1.84 bits per heavy atom. The number of hydrogen-bond donors (Lipinski definition) is 2. The van der Waals surface area contributed by atoms with Gasteiger partial charge in [0.2, 0.25) is 5.91 Å². The minimum atomic E-state index is -0.505. The fourth-order valence-electron chi connectivity index (χ4n) is 4.64. The first kappa shape index (κ1) is 18.6. The van der Waals surface area contributed by atoms with Gasteiger partial charge in [0.05, 0.1) is 28.7 Å². The average molecular weight is 424 g/mol. The van der Waals surface area contributed by atoms with Gasteiger partial charge >= 0.3 is 0 Å². The van der Waals surface area contributed by atoms with Crippen LogP contribution >= 0.6 is 0 Å². The Labute approximate surface area is 183 Å². The quantitative estimate of drug-likeness (QED) is 0.508. The lowest BCUT2D eigenvalue weighted by Crippen LogP contribution is -2.40. The summed E-state index contributed by atoms with van der Waals surface area (Å²) < 4.78 is 8.00. The summed E-state index contributed by atoms with van der Waals surface area (Å²) in [4.78, 5) is 27.3. The second kappa shape index (κ2) is 6.95. The van der Waals surface area contributed by atoms with Crippen LogP contribution in [0, 0.1) is 0 Å². The molecule has 6 rings (SSSR count). The Bertz CT molecular complexity index is 1400. The number of pyridine rings is 1. The summed E-state index contributed by atoms with van der Waals surface area (Å²) >= 11 is 0. The van der Waals surface area contributed by atoms with Crippen LogP contribution in [0.2, 0.25) is 0 Å². The van der Waals surface area contributed by atoms with Gasteiger partial charge in [0.1, 0.15) is 5.75 Å². The van der Waals surface area contributed by atoms with Gasteiger partial charge < -0.3 is 15.0 Å². The number of benzene rings is 2. The van der Waals surface area contributed by atoms with Crippen LogP contribution in [0.3, 0.4) is 0 Å². The Morgan fingerprint density at radius 3 is 2.59 bits per heavy atom.